The minimum Gasteiger partial charge on any atom is -0.490 e. The van der Waals surface area contributed by atoms with Gasteiger partial charge in [0.1, 0.15) is 25.6 Å². The van der Waals surface area contributed by atoms with Gasteiger partial charge in [0.15, 0.2) is 11.5 Å². The van der Waals surface area contributed by atoms with Crippen molar-refractivity contribution in [1.29, 1.82) is 0 Å². The second-order valence-corrected chi connectivity index (χ2v) is 9.28. The molecule has 1 fully saturated rings. The van der Waals surface area contributed by atoms with Gasteiger partial charge in [-0.1, -0.05) is 12.1 Å². The number of hydrogen-bond donors (Lipinski definition) is 0. The van der Waals surface area contributed by atoms with Gasteiger partial charge in [0.25, 0.3) is 5.91 Å². The fourth-order valence-electron chi connectivity index (χ4n) is 3.64. The Morgan fingerprint density at radius 3 is 2.44 bits per heavy atom. The standard InChI is InChI=1S/C22H26N2O7S/c1-28-12-13-29-19-5-3-2-4-18(19)22(25)23-8-10-24(11-9-23)32(26,27)17-6-7-20-21(16-17)31-15-14-30-20/h2-7,16H,8-15H2,1H3. The topological polar surface area (TPSA) is 94.6 Å². The first-order chi connectivity index (χ1) is 15.5. The second kappa shape index (κ2) is 9.76. The van der Waals surface area contributed by atoms with E-state index in [-0.39, 0.29) is 37.0 Å². The summed E-state index contributed by atoms with van der Waals surface area (Å²) < 4.78 is 49.3. The Hall–Kier alpha value is -2.82. The molecule has 0 aliphatic carbocycles. The predicted molar refractivity (Wildman–Crippen MR) is 116 cm³/mol. The number of ether oxygens (including phenoxy) is 4. The van der Waals surface area contributed by atoms with E-state index in [2.05, 4.69) is 0 Å². The van der Waals surface area contributed by atoms with Crippen LogP contribution in [0.1, 0.15) is 10.4 Å². The van der Waals surface area contributed by atoms with Crippen molar-refractivity contribution in [3.05, 3.63) is 48.0 Å². The highest BCUT2D eigenvalue weighted by Crippen LogP contribution is 2.33. The first-order valence-electron chi connectivity index (χ1n) is 10.4. The number of sulfonamides is 1. The van der Waals surface area contributed by atoms with E-state index in [4.69, 9.17) is 18.9 Å². The lowest BCUT2D eigenvalue weighted by Gasteiger charge is -2.34. The number of benzene rings is 2. The molecule has 32 heavy (non-hydrogen) atoms. The van der Waals surface area contributed by atoms with Crippen molar-refractivity contribution in [3.63, 3.8) is 0 Å². The molecule has 2 aromatic carbocycles. The summed E-state index contributed by atoms with van der Waals surface area (Å²) in [6.07, 6.45) is 0. The van der Waals surface area contributed by atoms with Crippen LogP contribution < -0.4 is 14.2 Å². The van der Waals surface area contributed by atoms with Crippen LogP contribution in [0.3, 0.4) is 0 Å². The van der Waals surface area contributed by atoms with Crippen LogP contribution in [-0.2, 0) is 14.8 Å². The molecule has 0 atom stereocenters. The molecule has 2 aliphatic rings. The van der Waals surface area contributed by atoms with Crippen LogP contribution in [0.4, 0.5) is 0 Å². The summed E-state index contributed by atoms with van der Waals surface area (Å²) in [6, 6.07) is 11.7. The number of rotatable bonds is 7. The number of carbonyl (C=O) groups excluding carboxylic acids is 1. The van der Waals surface area contributed by atoms with Gasteiger partial charge < -0.3 is 23.8 Å². The Labute approximate surface area is 187 Å². The smallest absolute Gasteiger partial charge is 0.257 e. The van der Waals surface area contributed by atoms with Gasteiger partial charge in [-0.3, -0.25) is 4.79 Å². The van der Waals surface area contributed by atoms with Gasteiger partial charge in [0, 0.05) is 39.4 Å². The van der Waals surface area contributed by atoms with E-state index < -0.39 is 10.0 Å². The van der Waals surface area contributed by atoms with Crippen molar-refractivity contribution in [2.45, 2.75) is 4.90 Å². The minimum absolute atomic E-state index is 0.151. The highest BCUT2D eigenvalue weighted by atomic mass is 32.2. The molecule has 1 amide bonds. The van der Waals surface area contributed by atoms with E-state index in [9.17, 15) is 13.2 Å². The van der Waals surface area contributed by atoms with Crippen LogP contribution in [0, 0.1) is 0 Å². The van der Waals surface area contributed by atoms with E-state index in [1.807, 2.05) is 0 Å². The summed E-state index contributed by atoms with van der Waals surface area (Å²) in [5.41, 5.74) is 0.451. The van der Waals surface area contributed by atoms with Crippen LogP contribution >= 0.6 is 0 Å². The normalized spacial score (nSPS) is 16.6. The number of para-hydroxylation sites is 1. The lowest BCUT2D eigenvalue weighted by atomic mass is 10.1. The van der Waals surface area contributed by atoms with Crippen molar-refractivity contribution in [1.82, 2.24) is 9.21 Å². The Morgan fingerprint density at radius 2 is 1.69 bits per heavy atom. The van der Waals surface area contributed by atoms with Gasteiger partial charge in [-0.15, -0.1) is 0 Å². The van der Waals surface area contributed by atoms with Gasteiger partial charge in [0.2, 0.25) is 10.0 Å². The van der Waals surface area contributed by atoms with Gasteiger partial charge in [-0.05, 0) is 24.3 Å². The zero-order valence-electron chi connectivity index (χ0n) is 17.9. The lowest BCUT2D eigenvalue weighted by molar-refractivity contribution is 0.0691. The second-order valence-electron chi connectivity index (χ2n) is 7.34. The number of hydrogen-bond acceptors (Lipinski definition) is 7. The SMILES string of the molecule is COCCOc1ccccc1C(=O)N1CCN(S(=O)(=O)c2ccc3c(c2)OCCO3)CC1. The number of nitrogens with zero attached hydrogens (tertiary/aromatic N) is 2. The molecule has 2 heterocycles. The average Bonchev–Trinajstić information content (AvgIpc) is 2.84. The van der Waals surface area contributed by atoms with Gasteiger partial charge in [-0.25, -0.2) is 8.42 Å². The molecular formula is C22H26N2O7S. The molecule has 9 nitrogen and oxygen atoms in total. The van der Waals surface area contributed by atoms with Gasteiger partial charge in [-0.2, -0.15) is 4.31 Å². The summed E-state index contributed by atoms with van der Waals surface area (Å²) in [5.74, 6) is 1.27. The molecule has 0 aromatic heterocycles. The summed E-state index contributed by atoms with van der Waals surface area (Å²) in [5, 5.41) is 0. The third kappa shape index (κ3) is 4.67. The molecule has 4 rings (SSSR count). The van der Waals surface area contributed by atoms with E-state index in [1.54, 1.807) is 42.3 Å². The maximum absolute atomic E-state index is 13.1. The summed E-state index contributed by atoms with van der Waals surface area (Å²) in [7, 11) is -2.13. The highest BCUT2D eigenvalue weighted by molar-refractivity contribution is 7.89. The number of fused-ring (bicyclic) bond motifs is 1. The van der Waals surface area contributed by atoms with Crippen LogP contribution in [0.5, 0.6) is 17.2 Å². The Balaban J connectivity index is 1.42. The molecule has 10 heteroatoms. The predicted octanol–water partition coefficient (Wildman–Crippen LogP) is 1.63. The van der Waals surface area contributed by atoms with E-state index in [1.165, 1.54) is 16.4 Å². The van der Waals surface area contributed by atoms with E-state index in [0.29, 0.717) is 49.2 Å². The Morgan fingerprint density at radius 1 is 0.969 bits per heavy atom. The minimum atomic E-state index is -3.71. The fraction of sp³-hybridized carbons (Fsp3) is 0.409. The number of methoxy groups -OCH3 is 1. The van der Waals surface area contributed by atoms with Crippen LogP contribution in [-0.4, -0.2) is 83.2 Å². The molecule has 0 N–H and O–H groups in total. The van der Waals surface area contributed by atoms with Crippen molar-refractivity contribution in [2.75, 3.05) is 59.7 Å². The summed E-state index contributed by atoms with van der Waals surface area (Å²) in [6.45, 7) is 2.55. The van der Waals surface area contributed by atoms with Crippen LogP contribution in [0.25, 0.3) is 0 Å². The first kappa shape index (κ1) is 22.4. The van der Waals surface area contributed by atoms with Crippen molar-refractivity contribution < 1.29 is 32.2 Å². The summed E-state index contributed by atoms with van der Waals surface area (Å²) >= 11 is 0. The molecule has 0 bridgehead atoms. The maximum Gasteiger partial charge on any atom is 0.257 e. The Bertz CT molecular complexity index is 1070. The number of carbonyl (C=O) groups is 1. The van der Waals surface area contributed by atoms with Crippen molar-refractivity contribution in [3.8, 4) is 17.2 Å². The summed E-state index contributed by atoms with van der Waals surface area (Å²) in [4.78, 5) is 14.9. The number of amides is 1. The van der Waals surface area contributed by atoms with E-state index >= 15 is 0 Å². The van der Waals surface area contributed by atoms with Crippen LogP contribution in [0.2, 0.25) is 0 Å². The first-order valence-corrected chi connectivity index (χ1v) is 11.8. The van der Waals surface area contributed by atoms with Crippen molar-refractivity contribution >= 4 is 15.9 Å². The maximum atomic E-state index is 13.1. The third-order valence-electron chi connectivity index (χ3n) is 5.34. The molecule has 2 aliphatic heterocycles. The molecule has 2 aromatic rings. The largest absolute Gasteiger partial charge is 0.490 e. The average molecular weight is 463 g/mol. The third-order valence-corrected chi connectivity index (χ3v) is 7.23. The van der Waals surface area contributed by atoms with Gasteiger partial charge >= 0.3 is 0 Å². The molecule has 172 valence electrons. The molecule has 1 saturated heterocycles. The van der Waals surface area contributed by atoms with Gasteiger partial charge in [0.05, 0.1) is 17.1 Å². The Kier molecular flexibility index (Phi) is 6.83. The van der Waals surface area contributed by atoms with Crippen molar-refractivity contribution in [2.24, 2.45) is 0 Å². The zero-order valence-corrected chi connectivity index (χ0v) is 18.7. The molecular weight excluding hydrogens is 436 g/mol. The lowest BCUT2D eigenvalue weighted by Crippen LogP contribution is -2.50. The highest BCUT2D eigenvalue weighted by Gasteiger charge is 2.32. The van der Waals surface area contributed by atoms with E-state index in [0.717, 1.165) is 0 Å². The quantitative estimate of drug-likeness (QED) is 0.577. The monoisotopic (exact) mass is 462 g/mol. The van der Waals surface area contributed by atoms with Crippen LogP contribution in [0.15, 0.2) is 47.4 Å². The number of piperazine rings is 1. The molecule has 0 saturated carbocycles. The zero-order chi connectivity index (χ0) is 22.6. The molecule has 0 spiro atoms. The molecule has 0 unspecified atom stereocenters. The molecule has 0 radical (unpaired) electrons. The fourth-order valence-corrected chi connectivity index (χ4v) is 5.08.